The number of aliphatic hydroxyl groups is 1. The Morgan fingerprint density at radius 3 is 2.26 bits per heavy atom. The third kappa shape index (κ3) is 7.29. The number of hydrogen-bond donors (Lipinski definition) is 6. The number of rotatable bonds is 4. The minimum absolute atomic E-state index is 0.0232. The Balaban J connectivity index is 1.97. The zero-order valence-electron chi connectivity index (χ0n) is 22.0. The number of nitrogens with two attached hydrogens (primary N) is 1. The first-order valence-electron chi connectivity index (χ1n) is 12.9. The van der Waals surface area contributed by atoms with Crippen molar-refractivity contribution in [2.24, 2.45) is 11.7 Å². The van der Waals surface area contributed by atoms with E-state index in [1.807, 2.05) is 19.9 Å². The lowest BCUT2D eigenvalue weighted by Gasteiger charge is -2.30. The highest BCUT2D eigenvalue weighted by Gasteiger charge is 2.42. The Kier molecular flexibility index (Phi) is 9.81. The molecule has 0 unspecified atom stereocenters. The fourth-order valence-corrected chi connectivity index (χ4v) is 4.77. The molecule has 0 bridgehead atoms. The summed E-state index contributed by atoms with van der Waals surface area (Å²) >= 11 is 0. The quantitative estimate of drug-likeness (QED) is 0.279. The Bertz CT molecular complexity index is 1030. The molecule has 0 spiro atoms. The highest BCUT2D eigenvalue weighted by Crippen LogP contribution is 2.20. The summed E-state index contributed by atoms with van der Waals surface area (Å²) in [6.45, 7) is 4.62. The summed E-state index contributed by atoms with van der Waals surface area (Å²) in [7, 11) is 0. The van der Waals surface area contributed by atoms with Crippen molar-refractivity contribution < 1.29 is 29.1 Å². The van der Waals surface area contributed by atoms with Gasteiger partial charge in [0.15, 0.2) is 0 Å². The number of hydrogen-bond acceptors (Lipinski definition) is 7. The van der Waals surface area contributed by atoms with Crippen molar-refractivity contribution in [1.82, 2.24) is 26.2 Å². The van der Waals surface area contributed by atoms with Crippen molar-refractivity contribution >= 4 is 29.5 Å². The molecule has 1 aromatic rings. The van der Waals surface area contributed by atoms with Gasteiger partial charge in [-0.3, -0.25) is 24.0 Å². The second kappa shape index (κ2) is 12.8. The minimum Gasteiger partial charge on any atom is -0.394 e. The number of carbonyl (C=O) groups excluding carboxylic acids is 5. The predicted octanol–water partition coefficient (Wildman–Crippen LogP) is -1.31. The second-order valence-corrected chi connectivity index (χ2v) is 10.4. The summed E-state index contributed by atoms with van der Waals surface area (Å²) in [6.07, 6.45) is 0.283. The molecule has 0 aromatic heterocycles. The van der Waals surface area contributed by atoms with E-state index in [0.29, 0.717) is 5.56 Å². The molecule has 2 saturated heterocycles. The van der Waals surface area contributed by atoms with Crippen molar-refractivity contribution in [2.75, 3.05) is 13.2 Å². The van der Waals surface area contributed by atoms with Crippen LogP contribution in [0.4, 0.5) is 0 Å². The van der Waals surface area contributed by atoms with Crippen molar-refractivity contribution in [3.05, 3.63) is 35.9 Å². The van der Waals surface area contributed by atoms with Gasteiger partial charge in [0, 0.05) is 12.6 Å². The SMILES string of the molecule is CC(C)C[C@@H]1NC(=O)C[C@H](c2ccccc2)NC(=O)[C@H](C)NC(=O)[C@@H]2C[C@H](N)CN2C(=O)[C@@H](CO)NC1=O. The molecule has 2 fully saturated rings. The van der Waals surface area contributed by atoms with Crippen molar-refractivity contribution in [2.45, 2.75) is 76.3 Å². The van der Waals surface area contributed by atoms with Crippen LogP contribution >= 0.6 is 0 Å². The summed E-state index contributed by atoms with van der Waals surface area (Å²) in [5, 5.41) is 20.7. The Labute approximate surface area is 222 Å². The third-order valence-electron chi connectivity index (χ3n) is 6.74. The normalized spacial score (nSPS) is 29.8. The van der Waals surface area contributed by atoms with Gasteiger partial charge in [-0.25, -0.2) is 0 Å². The average Bonchev–Trinajstić information content (AvgIpc) is 3.27. The Morgan fingerprint density at radius 2 is 1.63 bits per heavy atom. The van der Waals surface area contributed by atoms with Gasteiger partial charge >= 0.3 is 0 Å². The molecule has 0 aliphatic carbocycles. The first-order valence-corrected chi connectivity index (χ1v) is 12.9. The van der Waals surface area contributed by atoms with E-state index in [-0.39, 0.29) is 31.7 Å². The third-order valence-corrected chi connectivity index (χ3v) is 6.74. The van der Waals surface area contributed by atoms with Crippen LogP contribution in [0.5, 0.6) is 0 Å². The van der Waals surface area contributed by atoms with E-state index in [2.05, 4.69) is 21.3 Å². The molecular weight excluding hydrogens is 492 g/mol. The lowest BCUT2D eigenvalue weighted by molar-refractivity contribution is -0.143. The topological polar surface area (TPSA) is 183 Å². The molecule has 12 nitrogen and oxygen atoms in total. The van der Waals surface area contributed by atoms with Crippen LogP contribution in [-0.2, 0) is 24.0 Å². The molecule has 0 saturated carbocycles. The van der Waals surface area contributed by atoms with Gasteiger partial charge in [-0.2, -0.15) is 0 Å². The number of amides is 5. The van der Waals surface area contributed by atoms with Crippen LogP contribution in [0.3, 0.4) is 0 Å². The lowest BCUT2D eigenvalue weighted by Crippen LogP contribution is -2.59. The first kappa shape index (κ1) is 29.1. The highest BCUT2D eigenvalue weighted by atomic mass is 16.3. The molecule has 3 rings (SSSR count). The molecule has 0 radical (unpaired) electrons. The molecule has 2 aliphatic heterocycles. The molecule has 5 amide bonds. The number of carbonyl (C=O) groups is 5. The molecule has 208 valence electrons. The predicted molar refractivity (Wildman–Crippen MR) is 138 cm³/mol. The maximum atomic E-state index is 13.3. The fourth-order valence-electron chi connectivity index (χ4n) is 4.77. The average molecular weight is 531 g/mol. The van der Waals surface area contributed by atoms with Gasteiger partial charge in [-0.15, -0.1) is 0 Å². The summed E-state index contributed by atoms with van der Waals surface area (Å²) in [6, 6.07) is 3.44. The van der Waals surface area contributed by atoms with Gasteiger partial charge in [-0.1, -0.05) is 44.2 Å². The van der Waals surface area contributed by atoms with Crippen LogP contribution in [0.15, 0.2) is 30.3 Å². The van der Waals surface area contributed by atoms with E-state index in [1.54, 1.807) is 24.3 Å². The molecule has 6 atom stereocenters. The maximum absolute atomic E-state index is 13.3. The van der Waals surface area contributed by atoms with Crippen LogP contribution in [0.1, 0.15) is 51.6 Å². The van der Waals surface area contributed by atoms with E-state index in [4.69, 9.17) is 5.73 Å². The molecule has 2 heterocycles. The Hall–Kier alpha value is -3.51. The molecule has 1 aromatic carbocycles. The van der Waals surface area contributed by atoms with Gasteiger partial charge in [-0.05, 0) is 31.2 Å². The number of aliphatic hydroxyl groups excluding tert-OH is 1. The van der Waals surface area contributed by atoms with Gasteiger partial charge in [0.1, 0.15) is 24.2 Å². The maximum Gasteiger partial charge on any atom is 0.248 e. The largest absolute Gasteiger partial charge is 0.394 e. The van der Waals surface area contributed by atoms with E-state index >= 15 is 0 Å². The highest BCUT2D eigenvalue weighted by molar-refractivity contribution is 5.96. The molecule has 2 aliphatic rings. The van der Waals surface area contributed by atoms with Crippen molar-refractivity contribution in [3.8, 4) is 0 Å². The second-order valence-electron chi connectivity index (χ2n) is 10.4. The summed E-state index contributed by atoms with van der Waals surface area (Å²) < 4.78 is 0. The Morgan fingerprint density at radius 1 is 0.947 bits per heavy atom. The van der Waals surface area contributed by atoms with E-state index in [9.17, 15) is 29.1 Å². The van der Waals surface area contributed by atoms with Gasteiger partial charge in [0.25, 0.3) is 0 Å². The van der Waals surface area contributed by atoms with Crippen LogP contribution < -0.4 is 27.0 Å². The minimum atomic E-state index is -1.33. The summed E-state index contributed by atoms with van der Waals surface area (Å²) in [4.78, 5) is 67.0. The van der Waals surface area contributed by atoms with Gasteiger partial charge < -0.3 is 37.0 Å². The number of benzene rings is 1. The van der Waals surface area contributed by atoms with Crippen LogP contribution in [0, 0.1) is 5.92 Å². The number of nitrogens with one attached hydrogen (secondary N) is 4. The molecule has 7 N–H and O–H groups in total. The van der Waals surface area contributed by atoms with Crippen LogP contribution in [0.2, 0.25) is 0 Å². The van der Waals surface area contributed by atoms with Gasteiger partial charge in [0.2, 0.25) is 29.5 Å². The van der Waals surface area contributed by atoms with Crippen LogP contribution in [0.25, 0.3) is 0 Å². The summed E-state index contributed by atoms with van der Waals surface area (Å²) in [5.74, 6) is -2.86. The van der Waals surface area contributed by atoms with Crippen LogP contribution in [-0.4, -0.2) is 82.9 Å². The van der Waals surface area contributed by atoms with E-state index in [0.717, 1.165) is 0 Å². The monoisotopic (exact) mass is 530 g/mol. The zero-order valence-corrected chi connectivity index (χ0v) is 22.0. The standard InChI is InChI=1S/C26H38N6O6/c1-14(2)9-19-24(36)31-20(13-33)26(38)32-12-17(27)10-21(32)25(37)28-15(3)23(35)30-18(11-22(34)29-19)16-7-5-4-6-8-16/h4-8,14-15,17-21,33H,9-13,27H2,1-3H3,(H,28,37)(H,29,34)(H,30,35)(H,31,36)/t15-,17-,18+,19-,20+,21-/m0/s1. The fraction of sp³-hybridized carbons (Fsp3) is 0.577. The summed E-state index contributed by atoms with van der Waals surface area (Å²) in [5.41, 5.74) is 6.73. The smallest absolute Gasteiger partial charge is 0.248 e. The molecule has 38 heavy (non-hydrogen) atoms. The van der Waals surface area contributed by atoms with Gasteiger partial charge in [0.05, 0.1) is 19.1 Å². The molecule has 12 heteroatoms. The van der Waals surface area contributed by atoms with E-state index < -0.39 is 72.4 Å². The number of fused-ring (bicyclic) bond motifs is 1. The van der Waals surface area contributed by atoms with E-state index in [1.165, 1.54) is 11.8 Å². The lowest BCUT2D eigenvalue weighted by atomic mass is 10.00. The van der Waals surface area contributed by atoms with Crippen molar-refractivity contribution in [1.29, 1.82) is 0 Å². The zero-order chi connectivity index (χ0) is 28.0. The first-order chi connectivity index (χ1) is 18.0. The molecular formula is C26H38N6O6. The van der Waals surface area contributed by atoms with Crippen molar-refractivity contribution in [3.63, 3.8) is 0 Å². The number of nitrogens with zero attached hydrogens (tertiary/aromatic N) is 1.